The third kappa shape index (κ3) is 4.14. The van der Waals surface area contributed by atoms with E-state index in [1.165, 1.54) is 19.2 Å². The molecule has 2 aromatic carbocycles. The van der Waals surface area contributed by atoms with Gasteiger partial charge in [-0.05, 0) is 49.2 Å². The van der Waals surface area contributed by atoms with E-state index in [0.717, 1.165) is 28.1 Å². The molecule has 0 saturated carbocycles. The molecular formula is C21H22FN3O3. The predicted octanol–water partition coefficient (Wildman–Crippen LogP) is 3.81. The van der Waals surface area contributed by atoms with Gasteiger partial charge in [-0.2, -0.15) is 4.98 Å². The summed E-state index contributed by atoms with van der Waals surface area (Å²) in [7, 11) is 3.02. The van der Waals surface area contributed by atoms with Gasteiger partial charge in [-0.3, -0.25) is 4.79 Å². The SMILES string of the molecule is COc1cc(C)cc(Nc2nc(=O)c(OC)cn2Cc2cccc(F)c2)c1C. The second-order valence-electron chi connectivity index (χ2n) is 6.46. The predicted molar refractivity (Wildman–Crippen MR) is 106 cm³/mol. The normalized spacial score (nSPS) is 10.6. The summed E-state index contributed by atoms with van der Waals surface area (Å²) in [5, 5.41) is 3.21. The average Bonchev–Trinajstić information content (AvgIpc) is 2.66. The van der Waals surface area contributed by atoms with Crippen molar-refractivity contribution in [1.29, 1.82) is 0 Å². The summed E-state index contributed by atoms with van der Waals surface area (Å²) in [6.45, 7) is 4.18. The summed E-state index contributed by atoms with van der Waals surface area (Å²) in [6.07, 6.45) is 1.56. The molecule has 28 heavy (non-hydrogen) atoms. The van der Waals surface area contributed by atoms with Crippen LogP contribution in [0.3, 0.4) is 0 Å². The number of nitrogens with one attached hydrogen (secondary N) is 1. The van der Waals surface area contributed by atoms with E-state index in [9.17, 15) is 9.18 Å². The van der Waals surface area contributed by atoms with Crippen LogP contribution in [0.4, 0.5) is 16.0 Å². The zero-order valence-electron chi connectivity index (χ0n) is 16.2. The Bertz CT molecular complexity index is 1060. The number of ether oxygens (including phenoxy) is 2. The maximum absolute atomic E-state index is 13.6. The molecule has 0 aliphatic heterocycles. The third-order valence-electron chi connectivity index (χ3n) is 4.40. The molecule has 0 radical (unpaired) electrons. The number of benzene rings is 2. The number of nitrogens with zero attached hydrogens (tertiary/aromatic N) is 2. The first kappa shape index (κ1) is 19.4. The lowest BCUT2D eigenvalue weighted by atomic mass is 10.1. The summed E-state index contributed by atoms with van der Waals surface area (Å²) in [5.41, 5.74) is 2.89. The van der Waals surface area contributed by atoms with E-state index < -0.39 is 5.56 Å². The van der Waals surface area contributed by atoms with Crippen molar-refractivity contribution in [3.63, 3.8) is 0 Å². The largest absolute Gasteiger partial charge is 0.496 e. The van der Waals surface area contributed by atoms with Crippen LogP contribution in [0.25, 0.3) is 0 Å². The summed E-state index contributed by atoms with van der Waals surface area (Å²) < 4.78 is 25.8. The van der Waals surface area contributed by atoms with Crippen molar-refractivity contribution in [3.8, 4) is 11.5 Å². The molecule has 0 aliphatic rings. The summed E-state index contributed by atoms with van der Waals surface area (Å²) in [6, 6.07) is 10.1. The monoisotopic (exact) mass is 383 g/mol. The quantitative estimate of drug-likeness (QED) is 0.701. The van der Waals surface area contributed by atoms with E-state index in [-0.39, 0.29) is 11.6 Å². The standard InChI is InChI=1S/C21H22FN3O3/c1-13-8-17(14(2)18(9-13)27-3)23-21-24-20(26)19(28-4)12-25(21)11-15-6-5-7-16(22)10-15/h5-10,12H,11H2,1-4H3,(H,23,24,26). The highest BCUT2D eigenvalue weighted by Crippen LogP contribution is 2.29. The van der Waals surface area contributed by atoms with Crippen molar-refractivity contribution in [1.82, 2.24) is 9.55 Å². The van der Waals surface area contributed by atoms with Crippen molar-refractivity contribution in [2.24, 2.45) is 0 Å². The van der Waals surface area contributed by atoms with Crippen molar-refractivity contribution in [2.45, 2.75) is 20.4 Å². The van der Waals surface area contributed by atoms with Gasteiger partial charge in [0.2, 0.25) is 11.7 Å². The fourth-order valence-electron chi connectivity index (χ4n) is 2.95. The molecule has 1 N–H and O–H groups in total. The molecular weight excluding hydrogens is 361 g/mol. The highest BCUT2D eigenvalue weighted by molar-refractivity contribution is 5.64. The van der Waals surface area contributed by atoms with Crippen LogP contribution in [-0.4, -0.2) is 23.8 Å². The molecule has 7 heteroatoms. The smallest absolute Gasteiger partial charge is 0.316 e. The van der Waals surface area contributed by atoms with Gasteiger partial charge in [-0.15, -0.1) is 0 Å². The number of methoxy groups -OCH3 is 2. The Kier molecular flexibility index (Phi) is 5.63. The minimum absolute atomic E-state index is 0.112. The van der Waals surface area contributed by atoms with Gasteiger partial charge in [0.05, 0.1) is 27.0 Å². The van der Waals surface area contributed by atoms with E-state index >= 15 is 0 Å². The van der Waals surface area contributed by atoms with Gasteiger partial charge < -0.3 is 19.4 Å². The van der Waals surface area contributed by atoms with Gasteiger partial charge in [-0.1, -0.05) is 12.1 Å². The number of rotatable bonds is 6. The molecule has 0 fully saturated rings. The molecule has 146 valence electrons. The van der Waals surface area contributed by atoms with E-state index in [2.05, 4.69) is 10.3 Å². The minimum atomic E-state index is -0.488. The van der Waals surface area contributed by atoms with Gasteiger partial charge >= 0.3 is 5.56 Å². The lowest BCUT2D eigenvalue weighted by Crippen LogP contribution is -2.19. The van der Waals surface area contributed by atoms with Crippen molar-refractivity contribution < 1.29 is 13.9 Å². The van der Waals surface area contributed by atoms with Crippen LogP contribution in [0.2, 0.25) is 0 Å². The highest BCUT2D eigenvalue weighted by atomic mass is 19.1. The van der Waals surface area contributed by atoms with Gasteiger partial charge in [0.1, 0.15) is 11.6 Å². The molecule has 0 bridgehead atoms. The molecule has 1 heterocycles. The van der Waals surface area contributed by atoms with E-state index in [1.54, 1.807) is 30.0 Å². The van der Waals surface area contributed by atoms with E-state index in [0.29, 0.717) is 12.5 Å². The molecule has 3 rings (SSSR count). The summed E-state index contributed by atoms with van der Waals surface area (Å²) in [5.74, 6) is 0.841. The molecule has 6 nitrogen and oxygen atoms in total. The number of aromatic nitrogens is 2. The number of aryl methyl sites for hydroxylation is 1. The van der Waals surface area contributed by atoms with Gasteiger partial charge in [0.25, 0.3) is 0 Å². The van der Waals surface area contributed by atoms with Crippen LogP contribution in [0.15, 0.2) is 47.4 Å². The Hall–Kier alpha value is -3.35. The minimum Gasteiger partial charge on any atom is -0.496 e. The third-order valence-corrected chi connectivity index (χ3v) is 4.40. The fourth-order valence-corrected chi connectivity index (χ4v) is 2.95. The molecule has 0 saturated heterocycles. The number of hydrogen-bond acceptors (Lipinski definition) is 5. The molecule has 0 unspecified atom stereocenters. The fraction of sp³-hybridized carbons (Fsp3) is 0.238. The van der Waals surface area contributed by atoms with Crippen LogP contribution in [-0.2, 0) is 6.54 Å². The zero-order valence-corrected chi connectivity index (χ0v) is 16.2. The summed E-state index contributed by atoms with van der Waals surface area (Å²) >= 11 is 0. The first-order chi connectivity index (χ1) is 13.4. The van der Waals surface area contributed by atoms with Crippen LogP contribution in [0, 0.1) is 19.7 Å². The maximum Gasteiger partial charge on any atom is 0.316 e. The topological polar surface area (TPSA) is 65.4 Å². The molecule has 1 aromatic heterocycles. The highest BCUT2D eigenvalue weighted by Gasteiger charge is 2.13. The molecule has 0 spiro atoms. The van der Waals surface area contributed by atoms with Crippen LogP contribution in [0.5, 0.6) is 11.5 Å². The first-order valence-electron chi connectivity index (χ1n) is 8.73. The van der Waals surface area contributed by atoms with Crippen molar-refractivity contribution in [3.05, 3.63) is 75.5 Å². The van der Waals surface area contributed by atoms with Gasteiger partial charge in [0, 0.05) is 11.3 Å². The number of hydrogen-bond donors (Lipinski definition) is 1. The number of anilines is 2. The Labute approximate surface area is 162 Å². The Morgan fingerprint density at radius 2 is 1.86 bits per heavy atom. The van der Waals surface area contributed by atoms with Crippen molar-refractivity contribution >= 4 is 11.6 Å². The first-order valence-corrected chi connectivity index (χ1v) is 8.73. The molecule has 0 aliphatic carbocycles. The maximum atomic E-state index is 13.6. The second kappa shape index (κ2) is 8.12. The molecule has 0 amide bonds. The molecule has 3 aromatic rings. The van der Waals surface area contributed by atoms with Gasteiger partial charge in [-0.25, -0.2) is 4.39 Å². The number of halogens is 1. The second-order valence-corrected chi connectivity index (χ2v) is 6.46. The Balaban J connectivity index is 2.06. The molecule has 0 atom stereocenters. The van der Waals surface area contributed by atoms with Gasteiger partial charge in [0.15, 0.2) is 0 Å². The Morgan fingerprint density at radius 3 is 2.54 bits per heavy atom. The van der Waals surface area contributed by atoms with E-state index in [1.807, 2.05) is 26.0 Å². The van der Waals surface area contributed by atoms with Crippen LogP contribution in [0.1, 0.15) is 16.7 Å². The lowest BCUT2D eigenvalue weighted by molar-refractivity contribution is 0.402. The van der Waals surface area contributed by atoms with E-state index in [4.69, 9.17) is 9.47 Å². The zero-order chi connectivity index (χ0) is 20.3. The summed E-state index contributed by atoms with van der Waals surface area (Å²) in [4.78, 5) is 16.3. The lowest BCUT2D eigenvalue weighted by Gasteiger charge is -2.18. The van der Waals surface area contributed by atoms with Crippen LogP contribution >= 0.6 is 0 Å². The Morgan fingerprint density at radius 1 is 1.11 bits per heavy atom. The average molecular weight is 383 g/mol. The van der Waals surface area contributed by atoms with Crippen molar-refractivity contribution in [2.75, 3.05) is 19.5 Å². The van der Waals surface area contributed by atoms with Crippen LogP contribution < -0.4 is 20.3 Å².